The molecule has 1 aliphatic rings. The van der Waals surface area contributed by atoms with Crippen LogP contribution in [0.2, 0.25) is 0 Å². The van der Waals surface area contributed by atoms with Gasteiger partial charge in [-0.15, -0.1) is 11.3 Å². The molecule has 0 radical (unpaired) electrons. The molecule has 39 heavy (non-hydrogen) atoms. The van der Waals surface area contributed by atoms with E-state index in [0.29, 0.717) is 22.5 Å². The van der Waals surface area contributed by atoms with Crippen molar-refractivity contribution in [1.82, 2.24) is 20.3 Å². The number of benzene rings is 2. The molecular formula is C30H28N4O4S. The number of esters is 2. The molecule has 1 atom stereocenters. The molecule has 4 aromatic rings. The number of dihydropyridines is 1. The summed E-state index contributed by atoms with van der Waals surface area (Å²) in [7, 11) is 1.34. The Hall–Kier alpha value is -4.50. The largest absolute Gasteiger partial charge is 0.466 e. The molecule has 2 N–H and O–H groups in total. The maximum Gasteiger partial charge on any atom is 0.337 e. The minimum absolute atomic E-state index is 0.0808. The van der Waals surface area contributed by atoms with Gasteiger partial charge in [0.1, 0.15) is 12.4 Å². The summed E-state index contributed by atoms with van der Waals surface area (Å²) >= 11 is 1.47. The van der Waals surface area contributed by atoms with Crippen molar-refractivity contribution >= 4 is 39.6 Å². The predicted molar refractivity (Wildman–Crippen MR) is 151 cm³/mol. The van der Waals surface area contributed by atoms with Crippen molar-refractivity contribution in [1.29, 1.82) is 0 Å². The highest BCUT2D eigenvalue weighted by atomic mass is 32.1. The van der Waals surface area contributed by atoms with Gasteiger partial charge in [-0.1, -0.05) is 42.5 Å². The minimum atomic E-state index is -0.652. The standard InChI is InChI=1S/C30H28N4O4S/c1-18-25(29(35)37-3)27(22-7-4-8-23-28(22)39-17-33-23)26(19(2)34-18)30(36)38-15-5-6-20-9-11-21(12-10-20)16-24-31-13-14-32-24/h4-14,17,27,34H,15-16H2,1-3H3,(H,31,32). The molecule has 198 valence electrons. The Bertz CT molecular complexity index is 1600. The second kappa shape index (κ2) is 11.5. The normalized spacial score (nSPS) is 15.6. The SMILES string of the molecule is COC(=O)C1=C(C)NC(C)=C(C(=O)OCC=Cc2ccc(Cc3ncc[nH]3)cc2)C1c1cccc2ncsc12. The Morgan fingerprint density at radius 3 is 2.51 bits per heavy atom. The van der Waals surface area contributed by atoms with Gasteiger partial charge in [0.2, 0.25) is 0 Å². The van der Waals surface area contributed by atoms with Gasteiger partial charge in [0.25, 0.3) is 0 Å². The van der Waals surface area contributed by atoms with Crippen LogP contribution in [0.25, 0.3) is 16.3 Å². The van der Waals surface area contributed by atoms with Crippen molar-refractivity contribution in [3.8, 4) is 0 Å². The Labute approximate surface area is 230 Å². The van der Waals surface area contributed by atoms with E-state index >= 15 is 0 Å². The number of aromatic nitrogens is 3. The molecule has 3 heterocycles. The van der Waals surface area contributed by atoms with Gasteiger partial charge >= 0.3 is 11.9 Å². The number of hydrogen-bond acceptors (Lipinski definition) is 8. The van der Waals surface area contributed by atoms with Gasteiger partial charge in [-0.25, -0.2) is 19.6 Å². The summed E-state index contributed by atoms with van der Waals surface area (Å²) in [6.07, 6.45) is 7.99. The first kappa shape index (κ1) is 26.1. The number of nitrogens with one attached hydrogen (secondary N) is 2. The Morgan fingerprint density at radius 2 is 1.79 bits per heavy atom. The number of nitrogens with zero attached hydrogens (tertiary/aromatic N) is 2. The van der Waals surface area contributed by atoms with Gasteiger partial charge in [-0.3, -0.25) is 0 Å². The van der Waals surface area contributed by atoms with Gasteiger partial charge in [-0.2, -0.15) is 0 Å². The van der Waals surface area contributed by atoms with Crippen LogP contribution in [-0.4, -0.2) is 40.6 Å². The number of carbonyl (C=O) groups is 2. The molecule has 0 fully saturated rings. The molecule has 0 spiro atoms. The molecule has 0 saturated carbocycles. The lowest BCUT2D eigenvalue weighted by molar-refractivity contribution is -0.138. The average Bonchev–Trinajstić information content (AvgIpc) is 3.63. The summed E-state index contributed by atoms with van der Waals surface area (Å²) in [5, 5.41) is 3.17. The van der Waals surface area contributed by atoms with Gasteiger partial charge in [0, 0.05) is 30.2 Å². The number of ether oxygens (including phenoxy) is 2. The van der Waals surface area contributed by atoms with Crippen LogP contribution in [0, 0.1) is 0 Å². The summed E-state index contributed by atoms with van der Waals surface area (Å²) in [5.41, 5.74) is 7.53. The molecule has 2 aromatic carbocycles. The number of rotatable bonds is 8. The van der Waals surface area contributed by atoms with Crippen molar-refractivity contribution in [3.63, 3.8) is 0 Å². The molecular weight excluding hydrogens is 512 g/mol. The second-order valence-corrected chi connectivity index (χ2v) is 9.98. The average molecular weight is 541 g/mol. The summed E-state index contributed by atoms with van der Waals surface area (Å²) < 4.78 is 11.7. The highest BCUT2D eigenvalue weighted by molar-refractivity contribution is 7.17. The fraction of sp³-hybridized carbons (Fsp3) is 0.200. The van der Waals surface area contributed by atoms with E-state index in [0.717, 1.165) is 39.2 Å². The number of aromatic amines is 1. The van der Waals surface area contributed by atoms with Crippen molar-refractivity contribution in [3.05, 3.63) is 111 Å². The summed E-state index contributed by atoms with van der Waals surface area (Å²) in [6, 6.07) is 13.8. The summed E-state index contributed by atoms with van der Waals surface area (Å²) in [6.45, 7) is 3.70. The van der Waals surface area contributed by atoms with Crippen LogP contribution in [0.5, 0.6) is 0 Å². The van der Waals surface area contributed by atoms with E-state index in [-0.39, 0.29) is 6.61 Å². The van der Waals surface area contributed by atoms with Gasteiger partial charge in [0.05, 0.1) is 39.9 Å². The van der Waals surface area contributed by atoms with E-state index in [1.54, 1.807) is 24.7 Å². The molecule has 0 aliphatic carbocycles. The Kier molecular flexibility index (Phi) is 7.69. The lowest BCUT2D eigenvalue weighted by Crippen LogP contribution is -2.32. The third kappa shape index (κ3) is 5.53. The van der Waals surface area contributed by atoms with Crippen LogP contribution in [-0.2, 0) is 25.5 Å². The van der Waals surface area contributed by atoms with E-state index in [9.17, 15) is 9.59 Å². The van der Waals surface area contributed by atoms with Crippen molar-refractivity contribution < 1.29 is 19.1 Å². The van der Waals surface area contributed by atoms with E-state index in [4.69, 9.17) is 9.47 Å². The fourth-order valence-corrected chi connectivity index (χ4v) is 5.65. The summed E-state index contributed by atoms with van der Waals surface area (Å²) in [4.78, 5) is 38.2. The first-order valence-corrected chi connectivity index (χ1v) is 13.3. The second-order valence-electron chi connectivity index (χ2n) is 9.13. The predicted octanol–water partition coefficient (Wildman–Crippen LogP) is 5.27. The molecule has 5 rings (SSSR count). The quantitative estimate of drug-likeness (QED) is 0.293. The zero-order valence-corrected chi connectivity index (χ0v) is 22.7. The monoisotopic (exact) mass is 540 g/mol. The lowest BCUT2D eigenvalue weighted by atomic mass is 9.80. The first-order chi connectivity index (χ1) is 19.0. The fourth-order valence-electron chi connectivity index (χ4n) is 4.81. The Balaban J connectivity index is 1.34. The molecule has 8 nitrogen and oxygen atoms in total. The summed E-state index contributed by atoms with van der Waals surface area (Å²) in [5.74, 6) is -0.739. The van der Waals surface area contributed by atoms with E-state index in [1.165, 1.54) is 18.4 Å². The highest BCUT2D eigenvalue weighted by Gasteiger charge is 2.38. The number of carbonyl (C=O) groups excluding carboxylic acids is 2. The van der Waals surface area contributed by atoms with Crippen molar-refractivity contribution in [2.45, 2.75) is 26.2 Å². The number of allylic oxidation sites excluding steroid dienone is 2. The first-order valence-electron chi connectivity index (χ1n) is 12.5. The van der Waals surface area contributed by atoms with Crippen LogP contribution < -0.4 is 5.32 Å². The molecule has 0 saturated heterocycles. The molecule has 0 amide bonds. The van der Waals surface area contributed by atoms with Gasteiger partial charge < -0.3 is 19.8 Å². The van der Waals surface area contributed by atoms with Crippen LogP contribution in [0.3, 0.4) is 0 Å². The molecule has 9 heteroatoms. The van der Waals surface area contributed by atoms with Gasteiger partial charge in [0.15, 0.2) is 0 Å². The number of methoxy groups -OCH3 is 1. The molecule has 1 unspecified atom stereocenters. The maximum atomic E-state index is 13.5. The van der Waals surface area contributed by atoms with E-state index in [1.807, 2.05) is 61.7 Å². The topological polar surface area (TPSA) is 106 Å². The Morgan fingerprint density at radius 1 is 1.03 bits per heavy atom. The zero-order valence-electron chi connectivity index (χ0n) is 21.9. The smallest absolute Gasteiger partial charge is 0.337 e. The number of hydrogen-bond donors (Lipinski definition) is 2. The third-order valence-corrected chi connectivity index (χ3v) is 7.50. The van der Waals surface area contributed by atoms with Crippen LogP contribution >= 0.6 is 11.3 Å². The van der Waals surface area contributed by atoms with Gasteiger partial charge in [-0.05, 0) is 42.7 Å². The molecule has 2 aromatic heterocycles. The van der Waals surface area contributed by atoms with E-state index < -0.39 is 17.9 Å². The maximum absolute atomic E-state index is 13.5. The lowest BCUT2D eigenvalue weighted by Gasteiger charge is -2.30. The molecule has 0 bridgehead atoms. The number of thiazole rings is 1. The van der Waals surface area contributed by atoms with Crippen molar-refractivity contribution in [2.75, 3.05) is 13.7 Å². The third-order valence-electron chi connectivity index (χ3n) is 6.61. The number of fused-ring (bicyclic) bond motifs is 1. The highest BCUT2D eigenvalue weighted by Crippen LogP contribution is 2.42. The van der Waals surface area contributed by atoms with Crippen LogP contribution in [0.15, 0.2) is 89.0 Å². The molecule has 1 aliphatic heterocycles. The minimum Gasteiger partial charge on any atom is -0.466 e. The van der Waals surface area contributed by atoms with Crippen LogP contribution in [0.1, 0.15) is 42.3 Å². The van der Waals surface area contributed by atoms with E-state index in [2.05, 4.69) is 20.3 Å². The van der Waals surface area contributed by atoms with Crippen molar-refractivity contribution in [2.24, 2.45) is 0 Å². The zero-order chi connectivity index (χ0) is 27.4. The van der Waals surface area contributed by atoms with Crippen LogP contribution in [0.4, 0.5) is 0 Å². The number of imidazole rings is 1. The number of H-pyrrole nitrogens is 1.